The summed E-state index contributed by atoms with van der Waals surface area (Å²) in [7, 11) is 1.33. The van der Waals surface area contributed by atoms with Crippen molar-refractivity contribution in [1.29, 1.82) is 0 Å². The van der Waals surface area contributed by atoms with Crippen LogP contribution in [0.15, 0.2) is 70.1 Å². The summed E-state index contributed by atoms with van der Waals surface area (Å²) in [5.74, 6) is -0.740. The van der Waals surface area contributed by atoms with E-state index in [-0.39, 0.29) is 32.1 Å². The molecule has 1 aliphatic heterocycles. The molecule has 0 aromatic heterocycles. The maximum atomic E-state index is 13.0. The largest absolute Gasteiger partial charge is 0.484 e. The fourth-order valence-electron chi connectivity index (χ4n) is 3.72. The van der Waals surface area contributed by atoms with E-state index < -0.39 is 29.9 Å². The van der Waals surface area contributed by atoms with Crippen LogP contribution >= 0.6 is 27.7 Å². The van der Waals surface area contributed by atoms with Crippen LogP contribution in [0.2, 0.25) is 0 Å². The first-order valence-electron chi connectivity index (χ1n) is 11.8. The monoisotopic (exact) mass is 604 g/mol. The minimum Gasteiger partial charge on any atom is -0.484 e. The minimum atomic E-state index is -0.854. The summed E-state index contributed by atoms with van der Waals surface area (Å²) < 4.78 is 16.3. The second-order valence-electron chi connectivity index (χ2n) is 8.41. The first-order chi connectivity index (χ1) is 18.3. The zero-order valence-electron chi connectivity index (χ0n) is 21.1. The highest BCUT2D eigenvalue weighted by Crippen LogP contribution is 2.28. The number of carbonyl (C=O) groups is 4. The molecule has 202 valence electrons. The van der Waals surface area contributed by atoms with Crippen LogP contribution in [0.3, 0.4) is 0 Å². The SMILES string of the molecule is COC(=O)CCSC=C(C)C1C(NC(=O)COc2cccc(Br)c2)C(=O)N1CC(=O)OCc1ccccc1. The van der Waals surface area contributed by atoms with Crippen LogP contribution in [0, 0.1) is 0 Å². The number of nitrogens with zero attached hydrogens (tertiary/aromatic N) is 1. The fraction of sp³-hybridized carbons (Fsp3) is 0.333. The molecule has 2 aromatic carbocycles. The van der Waals surface area contributed by atoms with Gasteiger partial charge in [0.05, 0.1) is 19.6 Å². The number of esters is 2. The van der Waals surface area contributed by atoms with E-state index in [0.717, 1.165) is 15.6 Å². The lowest BCUT2D eigenvalue weighted by Crippen LogP contribution is -2.72. The summed E-state index contributed by atoms with van der Waals surface area (Å²) in [4.78, 5) is 50.8. The van der Waals surface area contributed by atoms with Crippen LogP contribution in [-0.4, -0.2) is 66.8 Å². The van der Waals surface area contributed by atoms with Crippen LogP contribution in [0.4, 0.5) is 0 Å². The maximum absolute atomic E-state index is 13.0. The molecular formula is C27H29BrN2O7S. The van der Waals surface area contributed by atoms with Crippen molar-refractivity contribution in [2.75, 3.05) is 26.0 Å². The van der Waals surface area contributed by atoms with Crippen LogP contribution in [0.5, 0.6) is 5.75 Å². The number of benzene rings is 2. The van der Waals surface area contributed by atoms with Crippen LogP contribution in [-0.2, 0) is 35.3 Å². The van der Waals surface area contributed by atoms with E-state index in [2.05, 4.69) is 26.0 Å². The number of rotatable bonds is 13. The molecule has 0 bridgehead atoms. The molecule has 1 N–H and O–H groups in total. The van der Waals surface area contributed by atoms with Crippen molar-refractivity contribution in [2.24, 2.45) is 0 Å². The Labute approximate surface area is 234 Å². The number of methoxy groups -OCH3 is 1. The van der Waals surface area contributed by atoms with Gasteiger partial charge in [-0.15, -0.1) is 11.8 Å². The van der Waals surface area contributed by atoms with Crippen molar-refractivity contribution in [1.82, 2.24) is 10.2 Å². The van der Waals surface area contributed by atoms with Gasteiger partial charge in [0.2, 0.25) is 5.91 Å². The van der Waals surface area contributed by atoms with Gasteiger partial charge >= 0.3 is 11.9 Å². The molecule has 0 radical (unpaired) electrons. The second-order valence-corrected chi connectivity index (χ2v) is 10.3. The predicted molar refractivity (Wildman–Crippen MR) is 146 cm³/mol. The van der Waals surface area contributed by atoms with Gasteiger partial charge in [-0.25, -0.2) is 0 Å². The summed E-state index contributed by atoms with van der Waals surface area (Å²) in [6, 6.07) is 14.9. The number of β-lactam (4-membered cyclic amide) rings is 1. The Morgan fingerprint density at radius 1 is 1.11 bits per heavy atom. The third kappa shape index (κ3) is 8.63. The molecule has 1 aliphatic rings. The standard InChI is InChI=1S/C27H29BrN2O7S/c1-18(17-38-12-11-23(32)35-2)26-25(29-22(31)16-36-21-10-6-9-20(28)13-21)27(34)30(26)14-24(33)37-15-19-7-4-3-5-8-19/h3-10,13,17,25-26H,11-12,14-16H2,1-2H3,(H,29,31). The summed E-state index contributed by atoms with van der Waals surface area (Å²) in [6.45, 7) is 1.37. The molecule has 1 saturated heterocycles. The Balaban J connectivity index is 1.62. The molecule has 38 heavy (non-hydrogen) atoms. The molecule has 0 spiro atoms. The summed E-state index contributed by atoms with van der Waals surface area (Å²) in [5.41, 5.74) is 1.59. The number of carbonyl (C=O) groups excluding carboxylic acids is 4. The highest BCUT2D eigenvalue weighted by Gasteiger charge is 2.49. The number of hydrogen-bond donors (Lipinski definition) is 1. The molecule has 9 nitrogen and oxygen atoms in total. The van der Waals surface area contributed by atoms with Crippen molar-refractivity contribution >= 4 is 51.4 Å². The zero-order chi connectivity index (χ0) is 27.5. The Morgan fingerprint density at radius 3 is 2.58 bits per heavy atom. The normalized spacial score (nSPS) is 16.9. The number of hydrogen-bond acceptors (Lipinski definition) is 8. The van der Waals surface area contributed by atoms with Crippen molar-refractivity contribution in [3.63, 3.8) is 0 Å². The van der Waals surface area contributed by atoms with Gasteiger partial charge < -0.3 is 24.4 Å². The van der Waals surface area contributed by atoms with Crippen LogP contribution in [0.25, 0.3) is 0 Å². The summed E-state index contributed by atoms with van der Waals surface area (Å²) in [5, 5.41) is 4.54. The van der Waals surface area contributed by atoms with Crippen LogP contribution in [0.1, 0.15) is 18.9 Å². The van der Waals surface area contributed by atoms with Gasteiger partial charge in [0, 0.05) is 10.2 Å². The van der Waals surface area contributed by atoms with Crippen molar-refractivity contribution < 1.29 is 33.4 Å². The maximum Gasteiger partial charge on any atom is 0.326 e. The molecule has 1 fully saturated rings. The number of halogens is 1. The van der Waals surface area contributed by atoms with E-state index in [4.69, 9.17) is 9.47 Å². The molecule has 3 rings (SSSR count). The Morgan fingerprint density at radius 2 is 1.87 bits per heavy atom. The van der Waals surface area contributed by atoms with E-state index in [9.17, 15) is 19.2 Å². The second kappa shape index (κ2) is 14.6. The molecule has 1 heterocycles. The van der Waals surface area contributed by atoms with E-state index in [1.165, 1.54) is 23.8 Å². The Bertz CT molecular complexity index is 1180. The zero-order valence-corrected chi connectivity index (χ0v) is 23.5. The topological polar surface area (TPSA) is 111 Å². The molecule has 0 aliphatic carbocycles. The molecule has 2 atom stereocenters. The predicted octanol–water partition coefficient (Wildman–Crippen LogP) is 3.47. The lowest BCUT2D eigenvalue weighted by atomic mass is 9.89. The number of thioether (sulfide) groups is 1. The molecule has 2 amide bonds. The van der Waals surface area contributed by atoms with E-state index >= 15 is 0 Å². The average molecular weight is 606 g/mol. The highest BCUT2D eigenvalue weighted by atomic mass is 79.9. The number of nitrogens with one attached hydrogen (secondary N) is 1. The minimum absolute atomic E-state index is 0.0949. The fourth-order valence-corrected chi connectivity index (χ4v) is 4.91. The number of amides is 2. The number of likely N-dealkylation sites (tertiary alicyclic amines) is 1. The molecule has 0 saturated carbocycles. The third-order valence-corrected chi connectivity index (χ3v) is 7.08. The quantitative estimate of drug-likeness (QED) is 0.210. The van der Waals surface area contributed by atoms with Gasteiger partial charge in [-0.1, -0.05) is 52.3 Å². The first kappa shape index (κ1) is 29.2. The lowest BCUT2D eigenvalue weighted by molar-refractivity contribution is -0.161. The summed E-state index contributed by atoms with van der Waals surface area (Å²) >= 11 is 4.73. The van der Waals surface area contributed by atoms with Gasteiger partial charge in [0.1, 0.15) is 24.9 Å². The van der Waals surface area contributed by atoms with Crippen molar-refractivity contribution in [2.45, 2.75) is 32.0 Å². The molecule has 2 unspecified atom stereocenters. The number of ether oxygens (including phenoxy) is 3. The van der Waals surface area contributed by atoms with Gasteiger partial charge in [-0.2, -0.15) is 0 Å². The Hall–Kier alpha value is -3.31. The highest BCUT2D eigenvalue weighted by molar-refractivity contribution is 9.10. The van der Waals surface area contributed by atoms with Gasteiger partial charge in [0.25, 0.3) is 5.91 Å². The average Bonchev–Trinajstić information content (AvgIpc) is 2.92. The van der Waals surface area contributed by atoms with Crippen LogP contribution < -0.4 is 10.1 Å². The Kier molecular flexibility index (Phi) is 11.2. The molecular weight excluding hydrogens is 576 g/mol. The van der Waals surface area contributed by atoms with E-state index in [0.29, 0.717) is 11.5 Å². The lowest BCUT2D eigenvalue weighted by Gasteiger charge is -2.47. The summed E-state index contributed by atoms with van der Waals surface area (Å²) in [6.07, 6.45) is 0.233. The van der Waals surface area contributed by atoms with Gasteiger partial charge in [-0.3, -0.25) is 19.2 Å². The van der Waals surface area contributed by atoms with E-state index in [1.807, 2.05) is 48.7 Å². The third-order valence-electron chi connectivity index (χ3n) is 5.61. The smallest absolute Gasteiger partial charge is 0.326 e. The van der Waals surface area contributed by atoms with Crippen molar-refractivity contribution in [3.05, 3.63) is 75.6 Å². The first-order valence-corrected chi connectivity index (χ1v) is 13.7. The molecule has 11 heteroatoms. The molecule has 2 aromatic rings. The van der Waals surface area contributed by atoms with E-state index in [1.54, 1.807) is 18.2 Å². The van der Waals surface area contributed by atoms with Gasteiger partial charge in [0.15, 0.2) is 6.61 Å². The van der Waals surface area contributed by atoms with Crippen molar-refractivity contribution in [3.8, 4) is 5.75 Å². The van der Waals surface area contributed by atoms with Gasteiger partial charge in [-0.05, 0) is 41.7 Å².